The topological polar surface area (TPSA) is 18.5 Å². The number of fused-ring (bicyclic) bond motifs is 2. The maximum absolute atomic E-state index is 5.45. The summed E-state index contributed by atoms with van der Waals surface area (Å²) in [6.45, 7) is 0.314. The molecule has 0 aliphatic carbocycles. The lowest BCUT2D eigenvalue weighted by Crippen LogP contribution is -1.92. The Balaban J connectivity index is 1.95. The molecule has 0 amide bonds. The van der Waals surface area contributed by atoms with Gasteiger partial charge in [-0.15, -0.1) is 0 Å². The Hall–Kier alpha value is -2.48. The van der Waals surface area contributed by atoms with E-state index in [0.717, 1.165) is 17.1 Å². The van der Waals surface area contributed by atoms with Gasteiger partial charge in [-0.25, -0.2) is 0 Å². The fourth-order valence-electron chi connectivity index (χ4n) is 2.54. The van der Waals surface area contributed by atoms with Gasteiger partial charge in [0.1, 0.15) is 0 Å². The third-order valence-electron chi connectivity index (χ3n) is 3.47. The molecule has 0 saturated carbocycles. The van der Waals surface area contributed by atoms with E-state index in [1.807, 2.05) is 12.1 Å². The summed E-state index contributed by atoms with van der Waals surface area (Å²) in [6.07, 6.45) is 0. The van der Waals surface area contributed by atoms with Crippen molar-refractivity contribution < 1.29 is 9.47 Å². The van der Waals surface area contributed by atoms with Gasteiger partial charge in [0.05, 0.1) is 0 Å². The molecule has 2 nitrogen and oxygen atoms in total. The minimum Gasteiger partial charge on any atom is -0.454 e. The molecule has 3 aromatic carbocycles. The second kappa shape index (κ2) is 4.02. The summed E-state index contributed by atoms with van der Waals surface area (Å²) in [4.78, 5) is 0. The Morgan fingerprint density at radius 2 is 1.58 bits per heavy atom. The molecule has 0 radical (unpaired) electrons. The zero-order valence-electron chi connectivity index (χ0n) is 10.3. The third kappa shape index (κ3) is 1.65. The van der Waals surface area contributed by atoms with Crippen LogP contribution >= 0.6 is 0 Å². The first-order valence-corrected chi connectivity index (χ1v) is 6.29. The van der Waals surface area contributed by atoms with Crippen molar-refractivity contribution in [1.29, 1.82) is 0 Å². The molecule has 3 aromatic rings. The minimum absolute atomic E-state index is 0.314. The fourth-order valence-corrected chi connectivity index (χ4v) is 2.54. The largest absolute Gasteiger partial charge is 0.454 e. The van der Waals surface area contributed by atoms with Gasteiger partial charge in [0.2, 0.25) is 6.79 Å². The molecule has 0 fully saturated rings. The lowest BCUT2D eigenvalue weighted by molar-refractivity contribution is 0.174. The highest BCUT2D eigenvalue weighted by atomic mass is 16.7. The summed E-state index contributed by atoms with van der Waals surface area (Å²) in [7, 11) is 0. The number of ether oxygens (including phenoxy) is 2. The third-order valence-corrected chi connectivity index (χ3v) is 3.47. The van der Waals surface area contributed by atoms with Crippen LogP contribution in [0, 0.1) is 0 Å². The quantitative estimate of drug-likeness (QED) is 0.641. The first-order chi connectivity index (χ1) is 9.42. The van der Waals surface area contributed by atoms with Crippen molar-refractivity contribution in [3.05, 3.63) is 60.7 Å². The summed E-state index contributed by atoms with van der Waals surface area (Å²) in [5, 5.41) is 2.50. The van der Waals surface area contributed by atoms with E-state index in [9.17, 15) is 0 Å². The highest BCUT2D eigenvalue weighted by Crippen LogP contribution is 2.37. The maximum Gasteiger partial charge on any atom is 0.231 e. The van der Waals surface area contributed by atoms with Gasteiger partial charge in [-0.2, -0.15) is 0 Å². The number of benzene rings is 3. The smallest absolute Gasteiger partial charge is 0.231 e. The monoisotopic (exact) mass is 248 g/mol. The molecule has 2 heteroatoms. The van der Waals surface area contributed by atoms with Crippen molar-refractivity contribution >= 4 is 10.8 Å². The van der Waals surface area contributed by atoms with Crippen molar-refractivity contribution in [3.8, 4) is 22.6 Å². The van der Waals surface area contributed by atoms with Crippen LogP contribution in [0.25, 0.3) is 21.9 Å². The van der Waals surface area contributed by atoms with Crippen LogP contribution in [0.5, 0.6) is 11.5 Å². The van der Waals surface area contributed by atoms with Crippen molar-refractivity contribution in [2.75, 3.05) is 6.79 Å². The summed E-state index contributed by atoms with van der Waals surface area (Å²) < 4.78 is 10.8. The number of hydrogen-bond donors (Lipinski definition) is 0. The lowest BCUT2D eigenvalue weighted by atomic mass is 9.98. The van der Waals surface area contributed by atoms with E-state index in [1.165, 1.54) is 16.3 Å². The van der Waals surface area contributed by atoms with Gasteiger partial charge in [0, 0.05) is 0 Å². The molecule has 1 aliphatic rings. The SMILES string of the molecule is c1ccc2c(-c3ccc4c(c3)OCO4)cccc2c1. The molecule has 0 spiro atoms. The molecule has 0 N–H and O–H groups in total. The standard InChI is InChI=1S/C17H12O2/c1-2-6-14-12(4-1)5-3-7-15(14)13-8-9-16-17(10-13)19-11-18-16/h1-10H,11H2. The highest BCUT2D eigenvalue weighted by molar-refractivity contribution is 5.96. The summed E-state index contributed by atoms with van der Waals surface area (Å²) in [6, 6.07) is 20.9. The molecule has 0 saturated heterocycles. The molecule has 0 unspecified atom stereocenters. The van der Waals surface area contributed by atoms with Crippen molar-refractivity contribution in [2.24, 2.45) is 0 Å². The average Bonchev–Trinajstić information content (AvgIpc) is 2.94. The van der Waals surface area contributed by atoms with Crippen LogP contribution in [0.1, 0.15) is 0 Å². The van der Waals surface area contributed by atoms with Gasteiger partial charge >= 0.3 is 0 Å². The highest BCUT2D eigenvalue weighted by Gasteiger charge is 2.14. The Kier molecular flexibility index (Phi) is 2.21. The summed E-state index contributed by atoms with van der Waals surface area (Å²) in [5.41, 5.74) is 2.37. The lowest BCUT2D eigenvalue weighted by Gasteiger charge is -2.07. The first-order valence-electron chi connectivity index (χ1n) is 6.29. The molecule has 1 heterocycles. The molecule has 1 aliphatic heterocycles. The maximum atomic E-state index is 5.45. The van der Waals surface area contributed by atoms with Gasteiger partial charge in [0.15, 0.2) is 11.5 Å². The van der Waals surface area contributed by atoms with Gasteiger partial charge < -0.3 is 9.47 Å². The second-order valence-electron chi connectivity index (χ2n) is 4.59. The molecule has 0 bridgehead atoms. The summed E-state index contributed by atoms with van der Waals surface area (Å²) >= 11 is 0. The van der Waals surface area contributed by atoms with Gasteiger partial charge in [-0.3, -0.25) is 0 Å². The molecule has 4 rings (SSSR count). The van der Waals surface area contributed by atoms with E-state index < -0.39 is 0 Å². The van der Waals surface area contributed by atoms with Gasteiger partial charge in [0.25, 0.3) is 0 Å². The van der Waals surface area contributed by atoms with E-state index in [4.69, 9.17) is 9.47 Å². The fraction of sp³-hybridized carbons (Fsp3) is 0.0588. The number of hydrogen-bond acceptors (Lipinski definition) is 2. The molecule has 0 aromatic heterocycles. The van der Waals surface area contributed by atoms with Crippen LogP contribution in [0.15, 0.2) is 60.7 Å². The first kappa shape index (κ1) is 10.4. The van der Waals surface area contributed by atoms with Crippen LogP contribution in [0.2, 0.25) is 0 Å². The molecule has 92 valence electrons. The van der Waals surface area contributed by atoms with E-state index in [0.29, 0.717) is 6.79 Å². The van der Waals surface area contributed by atoms with E-state index in [-0.39, 0.29) is 0 Å². The van der Waals surface area contributed by atoms with Crippen LogP contribution in [-0.2, 0) is 0 Å². The number of rotatable bonds is 1. The molecule has 19 heavy (non-hydrogen) atoms. The Bertz CT molecular complexity index is 757. The van der Waals surface area contributed by atoms with Crippen molar-refractivity contribution in [3.63, 3.8) is 0 Å². The van der Waals surface area contributed by atoms with Crippen molar-refractivity contribution in [2.45, 2.75) is 0 Å². The Labute approximate surface area is 111 Å². The normalized spacial score (nSPS) is 12.8. The Morgan fingerprint density at radius 3 is 2.58 bits per heavy atom. The Morgan fingerprint density at radius 1 is 0.737 bits per heavy atom. The van der Waals surface area contributed by atoms with E-state index in [1.54, 1.807) is 0 Å². The second-order valence-corrected chi connectivity index (χ2v) is 4.59. The minimum atomic E-state index is 0.314. The van der Waals surface area contributed by atoms with Crippen LogP contribution < -0.4 is 9.47 Å². The van der Waals surface area contributed by atoms with E-state index in [2.05, 4.69) is 48.5 Å². The zero-order valence-corrected chi connectivity index (χ0v) is 10.3. The summed E-state index contributed by atoms with van der Waals surface area (Å²) in [5.74, 6) is 1.65. The van der Waals surface area contributed by atoms with Crippen LogP contribution in [0.3, 0.4) is 0 Å². The predicted octanol–water partition coefficient (Wildman–Crippen LogP) is 4.24. The zero-order chi connectivity index (χ0) is 12.7. The molecular weight excluding hydrogens is 236 g/mol. The van der Waals surface area contributed by atoms with Gasteiger partial charge in [-0.05, 0) is 34.0 Å². The van der Waals surface area contributed by atoms with E-state index >= 15 is 0 Å². The predicted molar refractivity (Wildman–Crippen MR) is 75.5 cm³/mol. The molecule has 0 atom stereocenters. The van der Waals surface area contributed by atoms with Crippen LogP contribution in [0.4, 0.5) is 0 Å². The van der Waals surface area contributed by atoms with Gasteiger partial charge in [-0.1, -0.05) is 48.5 Å². The van der Waals surface area contributed by atoms with Crippen molar-refractivity contribution in [1.82, 2.24) is 0 Å². The molecular formula is C17H12O2. The van der Waals surface area contributed by atoms with Crippen LogP contribution in [-0.4, -0.2) is 6.79 Å². The average molecular weight is 248 g/mol.